The number of carboxylic acid groups (broad SMARTS) is 1. The predicted molar refractivity (Wildman–Crippen MR) is 54.3 cm³/mol. The second-order valence-electron chi connectivity index (χ2n) is 4.19. The number of halogens is 1. The van der Waals surface area contributed by atoms with E-state index < -0.39 is 11.5 Å². The van der Waals surface area contributed by atoms with Crippen LogP contribution in [0.25, 0.3) is 0 Å². The van der Waals surface area contributed by atoms with Crippen LogP contribution in [0.1, 0.15) is 13.3 Å². The molecule has 0 bridgehead atoms. The van der Waals surface area contributed by atoms with Crippen LogP contribution in [0.4, 0.5) is 0 Å². The van der Waals surface area contributed by atoms with Gasteiger partial charge in [0, 0.05) is 6.42 Å². The molecule has 0 aromatic heterocycles. The molecule has 0 unspecified atom stereocenters. The number of alkyl halides is 1. The van der Waals surface area contributed by atoms with E-state index in [1.807, 2.05) is 6.92 Å². The largest absolute Gasteiger partial charge is 0.479 e. The first-order chi connectivity index (χ1) is 6.44. The fraction of sp³-hybridized carbons (Fsp3) is 0.750. The number of hydrogen-bond donors (Lipinski definition) is 1. The molecule has 6 heteroatoms. The van der Waals surface area contributed by atoms with Gasteiger partial charge in [0.15, 0.2) is 5.54 Å². The van der Waals surface area contributed by atoms with Crippen molar-refractivity contribution in [2.45, 2.75) is 33.8 Å². The second-order valence-corrected chi connectivity index (χ2v) is 6.80. The predicted octanol–water partition coefficient (Wildman–Crippen LogP) is 0.651. The highest BCUT2D eigenvalue weighted by molar-refractivity contribution is 9.10. The van der Waals surface area contributed by atoms with Crippen LogP contribution in [0.2, 0.25) is 0 Å². The van der Waals surface area contributed by atoms with Crippen LogP contribution in [-0.4, -0.2) is 42.4 Å². The van der Waals surface area contributed by atoms with Gasteiger partial charge < -0.3 is 10.0 Å². The third-order valence-electron chi connectivity index (χ3n) is 3.47. The third kappa shape index (κ3) is 0.652. The SMILES string of the molecule is C[C@]12C[C@@]1(C(=O)O)N1C(=O)[C@@H](Br)[C@H]1S2. The highest BCUT2D eigenvalue weighted by Crippen LogP contribution is 2.72. The number of carbonyl (C=O) groups is 2. The smallest absolute Gasteiger partial charge is 0.331 e. The highest BCUT2D eigenvalue weighted by atomic mass is 79.9. The number of nitrogens with zero attached hydrogens (tertiary/aromatic N) is 1. The van der Waals surface area contributed by atoms with Crippen LogP contribution >= 0.6 is 27.7 Å². The summed E-state index contributed by atoms with van der Waals surface area (Å²) in [5.74, 6) is -0.936. The number of carbonyl (C=O) groups excluding carboxylic acids is 1. The molecule has 4 atom stereocenters. The zero-order valence-electron chi connectivity index (χ0n) is 7.36. The van der Waals surface area contributed by atoms with Gasteiger partial charge >= 0.3 is 5.97 Å². The Kier molecular flexibility index (Phi) is 1.38. The van der Waals surface area contributed by atoms with E-state index in [-0.39, 0.29) is 20.9 Å². The third-order valence-corrected chi connectivity index (χ3v) is 6.44. The number of amides is 1. The number of thioether (sulfide) groups is 1. The molecule has 14 heavy (non-hydrogen) atoms. The van der Waals surface area contributed by atoms with Crippen LogP contribution in [0, 0.1) is 0 Å². The molecule has 0 spiro atoms. The summed E-state index contributed by atoms with van der Waals surface area (Å²) in [6, 6.07) is 0. The van der Waals surface area contributed by atoms with E-state index in [1.54, 1.807) is 16.7 Å². The summed E-state index contributed by atoms with van der Waals surface area (Å²) < 4.78 is -0.262. The zero-order chi connectivity index (χ0) is 10.3. The first-order valence-corrected chi connectivity index (χ1v) is 6.12. The van der Waals surface area contributed by atoms with Gasteiger partial charge in [0.1, 0.15) is 10.2 Å². The second kappa shape index (κ2) is 2.14. The molecule has 4 nitrogen and oxygen atoms in total. The van der Waals surface area contributed by atoms with Crippen LogP contribution in [0.5, 0.6) is 0 Å². The molecule has 1 saturated carbocycles. The summed E-state index contributed by atoms with van der Waals surface area (Å²) in [6.45, 7) is 1.93. The normalized spacial score (nSPS) is 53.6. The van der Waals surface area contributed by atoms with Crippen LogP contribution in [0.3, 0.4) is 0 Å². The van der Waals surface area contributed by atoms with Gasteiger partial charge in [-0.3, -0.25) is 4.79 Å². The summed E-state index contributed by atoms with van der Waals surface area (Å²) >= 11 is 4.88. The van der Waals surface area contributed by atoms with Crippen LogP contribution < -0.4 is 0 Å². The van der Waals surface area contributed by atoms with E-state index >= 15 is 0 Å². The number of carboxylic acids is 1. The molecular weight excluding hydrogens is 270 g/mol. The summed E-state index contributed by atoms with van der Waals surface area (Å²) in [5, 5.41) is 9.21. The lowest BCUT2D eigenvalue weighted by molar-refractivity contribution is -0.158. The fourth-order valence-electron chi connectivity index (χ4n) is 2.54. The minimum absolute atomic E-state index is 0.0253. The van der Waals surface area contributed by atoms with E-state index in [0.29, 0.717) is 6.42 Å². The molecule has 1 N–H and O–H groups in total. The average molecular weight is 278 g/mol. The monoisotopic (exact) mass is 277 g/mol. The van der Waals surface area contributed by atoms with Crippen molar-refractivity contribution in [1.82, 2.24) is 4.90 Å². The molecular formula is C8H8BrNO3S. The maximum atomic E-state index is 11.5. The van der Waals surface area contributed by atoms with E-state index in [2.05, 4.69) is 15.9 Å². The van der Waals surface area contributed by atoms with Crippen molar-refractivity contribution in [1.29, 1.82) is 0 Å². The molecule has 2 aliphatic heterocycles. The van der Waals surface area contributed by atoms with Crippen LogP contribution in [-0.2, 0) is 9.59 Å². The zero-order valence-corrected chi connectivity index (χ0v) is 9.76. The summed E-state index contributed by atoms with van der Waals surface area (Å²) in [7, 11) is 0. The summed E-state index contributed by atoms with van der Waals surface area (Å²) in [4.78, 5) is 24.1. The lowest BCUT2D eigenvalue weighted by Crippen LogP contribution is -2.64. The molecule has 2 heterocycles. The van der Waals surface area contributed by atoms with Crippen molar-refractivity contribution in [3.63, 3.8) is 0 Å². The molecule has 1 aliphatic carbocycles. The Labute approximate surface area is 93.1 Å². The van der Waals surface area contributed by atoms with Crippen LogP contribution in [0.15, 0.2) is 0 Å². The molecule has 0 aromatic carbocycles. The minimum Gasteiger partial charge on any atom is -0.479 e. The molecule has 0 aromatic rings. The van der Waals surface area contributed by atoms with E-state index in [1.165, 1.54) is 0 Å². The number of aliphatic carboxylic acids is 1. The van der Waals surface area contributed by atoms with Gasteiger partial charge in [-0.1, -0.05) is 15.9 Å². The van der Waals surface area contributed by atoms with E-state index in [0.717, 1.165) is 0 Å². The van der Waals surface area contributed by atoms with Crippen molar-refractivity contribution in [2.24, 2.45) is 0 Å². The van der Waals surface area contributed by atoms with Crippen molar-refractivity contribution in [3.8, 4) is 0 Å². The maximum absolute atomic E-state index is 11.5. The van der Waals surface area contributed by atoms with Crippen molar-refractivity contribution in [3.05, 3.63) is 0 Å². The van der Waals surface area contributed by atoms with Crippen molar-refractivity contribution in [2.75, 3.05) is 0 Å². The number of rotatable bonds is 1. The van der Waals surface area contributed by atoms with Crippen molar-refractivity contribution >= 4 is 39.6 Å². The standard InChI is InChI=1S/C8H8BrNO3S/c1-7-2-8(7,6(12)13)10-4(11)3(9)5(10)14-7/h3,5H,2H2,1H3,(H,12,13)/t3-,5-,7+,8+/m1/s1. The quantitative estimate of drug-likeness (QED) is 0.565. The topological polar surface area (TPSA) is 57.6 Å². The molecule has 3 fully saturated rings. The Balaban J connectivity index is 2.03. The Morgan fingerprint density at radius 3 is 3.00 bits per heavy atom. The van der Waals surface area contributed by atoms with E-state index in [9.17, 15) is 14.7 Å². The van der Waals surface area contributed by atoms with Gasteiger partial charge in [-0.25, -0.2) is 4.79 Å². The van der Waals surface area contributed by atoms with Crippen molar-refractivity contribution < 1.29 is 14.7 Å². The Bertz CT molecular complexity index is 376. The summed E-state index contributed by atoms with van der Waals surface area (Å²) in [6.07, 6.45) is 0.585. The Hall–Kier alpha value is -0.230. The lowest BCUT2D eigenvalue weighted by Gasteiger charge is -2.43. The molecule has 76 valence electrons. The average Bonchev–Trinajstić information content (AvgIpc) is 2.65. The molecule has 3 aliphatic rings. The van der Waals surface area contributed by atoms with Gasteiger partial charge in [0.05, 0.1) is 4.75 Å². The van der Waals surface area contributed by atoms with Gasteiger partial charge in [-0.05, 0) is 6.92 Å². The fourth-order valence-corrected chi connectivity index (χ4v) is 5.15. The Morgan fingerprint density at radius 1 is 1.79 bits per heavy atom. The van der Waals surface area contributed by atoms with Gasteiger partial charge in [0.25, 0.3) is 0 Å². The number of β-lactam (4-membered cyclic amide) rings is 1. The maximum Gasteiger partial charge on any atom is 0.331 e. The number of hydrogen-bond acceptors (Lipinski definition) is 3. The Morgan fingerprint density at radius 2 is 2.43 bits per heavy atom. The first-order valence-electron chi connectivity index (χ1n) is 4.32. The lowest BCUT2D eigenvalue weighted by atomic mass is 10.1. The highest BCUT2D eigenvalue weighted by Gasteiger charge is 2.84. The molecule has 3 rings (SSSR count). The summed E-state index contributed by atoms with van der Waals surface area (Å²) in [5.41, 5.74) is -0.899. The van der Waals surface area contributed by atoms with Gasteiger partial charge in [-0.2, -0.15) is 0 Å². The number of fused-ring (bicyclic) bond motifs is 3. The van der Waals surface area contributed by atoms with Gasteiger partial charge in [0.2, 0.25) is 5.91 Å². The first kappa shape index (κ1) is 9.03. The molecule has 1 amide bonds. The minimum atomic E-state index is -0.899. The molecule has 2 saturated heterocycles. The van der Waals surface area contributed by atoms with E-state index in [4.69, 9.17) is 0 Å². The van der Waals surface area contributed by atoms with Gasteiger partial charge in [-0.15, -0.1) is 11.8 Å². The molecule has 0 radical (unpaired) electrons.